The van der Waals surface area contributed by atoms with Gasteiger partial charge in [0, 0.05) is 23.0 Å². The average Bonchev–Trinajstić information content (AvgIpc) is 3.33. The van der Waals surface area contributed by atoms with E-state index in [0.717, 1.165) is 33.3 Å². The van der Waals surface area contributed by atoms with Gasteiger partial charge in [0.25, 0.3) is 11.7 Å². The Kier molecular flexibility index (Phi) is 6.00. The lowest BCUT2D eigenvalue weighted by Gasteiger charge is -2.25. The standard InChI is InChI=1S/C28H24BrNO4/c1-17-14-21-15-20(10-11-23(21)34-17)26(31)24-25(19-8-5-9-22(29)16-19)30(28(33)27(24)32)13-12-18-6-3-2-4-7-18/h2-11,15-17,25,31H,12-14H2,1H3/t17-,25-/m1/s1. The molecule has 0 unspecified atom stereocenters. The minimum Gasteiger partial charge on any atom is -0.507 e. The molecule has 0 spiro atoms. The highest BCUT2D eigenvalue weighted by molar-refractivity contribution is 9.10. The Morgan fingerprint density at radius 1 is 1.06 bits per heavy atom. The molecule has 0 radical (unpaired) electrons. The quantitative estimate of drug-likeness (QED) is 0.278. The molecule has 172 valence electrons. The summed E-state index contributed by atoms with van der Waals surface area (Å²) in [5, 5.41) is 11.3. The fourth-order valence-electron chi connectivity index (χ4n) is 4.75. The second-order valence-corrected chi connectivity index (χ2v) is 9.65. The number of ether oxygens (including phenoxy) is 1. The fraction of sp³-hybridized carbons (Fsp3) is 0.214. The molecule has 5 nitrogen and oxygen atoms in total. The van der Waals surface area contributed by atoms with Gasteiger partial charge in [0.2, 0.25) is 0 Å². The molecular weight excluding hydrogens is 494 g/mol. The molecule has 1 amide bonds. The van der Waals surface area contributed by atoms with Crippen molar-refractivity contribution in [3.05, 3.63) is 105 Å². The molecule has 34 heavy (non-hydrogen) atoms. The number of benzene rings is 3. The molecular formula is C28H24BrNO4. The second kappa shape index (κ2) is 9.11. The van der Waals surface area contributed by atoms with Crippen LogP contribution in [0.1, 0.15) is 35.2 Å². The highest BCUT2D eigenvalue weighted by Gasteiger charge is 2.46. The number of carbonyl (C=O) groups excluding carboxylic acids is 2. The van der Waals surface area contributed by atoms with E-state index in [9.17, 15) is 14.7 Å². The van der Waals surface area contributed by atoms with Gasteiger partial charge >= 0.3 is 0 Å². The van der Waals surface area contributed by atoms with E-state index in [1.54, 1.807) is 11.0 Å². The molecule has 2 aliphatic rings. The van der Waals surface area contributed by atoms with Crippen LogP contribution in [0.15, 0.2) is 82.8 Å². The molecule has 0 aromatic heterocycles. The predicted molar refractivity (Wildman–Crippen MR) is 134 cm³/mol. The number of aliphatic hydroxyl groups is 1. The van der Waals surface area contributed by atoms with E-state index in [1.165, 1.54) is 0 Å². The summed E-state index contributed by atoms with van der Waals surface area (Å²) >= 11 is 3.50. The summed E-state index contributed by atoms with van der Waals surface area (Å²) in [6, 6.07) is 22.1. The number of carbonyl (C=O) groups is 2. The predicted octanol–water partition coefficient (Wildman–Crippen LogP) is 5.44. The van der Waals surface area contributed by atoms with E-state index >= 15 is 0 Å². The van der Waals surface area contributed by atoms with Crippen LogP contribution in [-0.4, -0.2) is 34.3 Å². The summed E-state index contributed by atoms with van der Waals surface area (Å²) < 4.78 is 6.60. The van der Waals surface area contributed by atoms with Crippen LogP contribution < -0.4 is 4.74 Å². The largest absolute Gasteiger partial charge is 0.507 e. The Morgan fingerprint density at radius 3 is 2.62 bits per heavy atom. The summed E-state index contributed by atoms with van der Waals surface area (Å²) in [4.78, 5) is 28.0. The molecule has 0 saturated carbocycles. The van der Waals surface area contributed by atoms with Gasteiger partial charge in [-0.1, -0.05) is 58.4 Å². The Labute approximate surface area is 206 Å². The summed E-state index contributed by atoms with van der Waals surface area (Å²) in [5.41, 5.74) is 3.45. The Balaban J connectivity index is 1.58. The fourth-order valence-corrected chi connectivity index (χ4v) is 5.17. The van der Waals surface area contributed by atoms with Gasteiger partial charge in [-0.05, 0) is 60.4 Å². The Bertz CT molecular complexity index is 1300. The summed E-state index contributed by atoms with van der Waals surface area (Å²) in [6.45, 7) is 2.35. The molecule has 2 atom stereocenters. The number of hydrogen-bond donors (Lipinski definition) is 1. The van der Waals surface area contributed by atoms with Gasteiger partial charge in [0.1, 0.15) is 17.6 Å². The lowest BCUT2D eigenvalue weighted by Crippen LogP contribution is -2.31. The van der Waals surface area contributed by atoms with E-state index in [0.29, 0.717) is 18.5 Å². The van der Waals surface area contributed by atoms with Crippen LogP contribution in [0.4, 0.5) is 0 Å². The lowest BCUT2D eigenvalue weighted by molar-refractivity contribution is -0.139. The van der Waals surface area contributed by atoms with Crippen LogP contribution in [0.3, 0.4) is 0 Å². The number of fused-ring (bicyclic) bond motifs is 1. The van der Waals surface area contributed by atoms with Crippen molar-refractivity contribution in [1.29, 1.82) is 0 Å². The summed E-state index contributed by atoms with van der Waals surface area (Å²) in [5.74, 6) is -0.634. The zero-order valence-corrected chi connectivity index (χ0v) is 20.3. The number of amides is 1. The molecule has 5 rings (SSSR count). The van der Waals surface area contributed by atoms with Gasteiger partial charge in [-0.2, -0.15) is 0 Å². The molecule has 0 aliphatic carbocycles. The van der Waals surface area contributed by atoms with Gasteiger partial charge in [0.05, 0.1) is 11.6 Å². The van der Waals surface area contributed by atoms with Crippen molar-refractivity contribution in [1.82, 2.24) is 4.90 Å². The van der Waals surface area contributed by atoms with Crippen molar-refractivity contribution < 1.29 is 19.4 Å². The first-order valence-electron chi connectivity index (χ1n) is 11.3. The van der Waals surface area contributed by atoms with Gasteiger partial charge in [0.15, 0.2) is 0 Å². The van der Waals surface area contributed by atoms with E-state index in [-0.39, 0.29) is 17.4 Å². The van der Waals surface area contributed by atoms with E-state index in [4.69, 9.17) is 4.74 Å². The highest BCUT2D eigenvalue weighted by atomic mass is 79.9. The first-order chi connectivity index (χ1) is 16.4. The SMILES string of the molecule is C[C@@H]1Cc2cc(C(O)=C3C(=O)C(=O)N(CCc4ccccc4)[C@@H]3c3cccc(Br)c3)ccc2O1. The number of aliphatic hydroxyl groups excluding tert-OH is 1. The number of Topliss-reactive ketones (excluding diaryl/α,β-unsaturated/α-hetero) is 1. The molecule has 3 aromatic carbocycles. The number of likely N-dealkylation sites (tertiary alicyclic amines) is 1. The van der Waals surface area contributed by atoms with Gasteiger partial charge < -0.3 is 14.7 Å². The van der Waals surface area contributed by atoms with Crippen LogP contribution in [0, 0.1) is 0 Å². The summed E-state index contributed by atoms with van der Waals surface area (Å²) in [7, 11) is 0. The molecule has 3 aromatic rings. The minimum atomic E-state index is -0.676. The average molecular weight is 518 g/mol. The smallest absolute Gasteiger partial charge is 0.295 e. The maximum Gasteiger partial charge on any atom is 0.295 e. The first kappa shape index (κ1) is 22.4. The zero-order valence-electron chi connectivity index (χ0n) is 18.7. The van der Waals surface area contributed by atoms with Crippen LogP contribution in [0.2, 0.25) is 0 Å². The maximum absolute atomic E-state index is 13.3. The molecule has 2 aliphatic heterocycles. The number of rotatable bonds is 5. The third-order valence-corrected chi connectivity index (χ3v) is 6.85. The van der Waals surface area contributed by atoms with Crippen LogP contribution in [-0.2, 0) is 22.4 Å². The monoisotopic (exact) mass is 517 g/mol. The number of ketones is 1. The van der Waals surface area contributed by atoms with Gasteiger partial charge in [-0.3, -0.25) is 9.59 Å². The third kappa shape index (κ3) is 4.14. The Morgan fingerprint density at radius 2 is 1.85 bits per heavy atom. The molecule has 0 bridgehead atoms. The molecule has 2 heterocycles. The maximum atomic E-state index is 13.3. The topological polar surface area (TPSA) is 66.8 Å². The van der Waals surface area contributed by atoms with Crippen molar-refractivity contribution in [2.75, 3.05) is 6.54 Å². The molecule has 6 heteroatoms. The number of halogens is 1. The highest BCUT2D eigenvalue weighted by Crippen LogP contribution is 2.41. The normalized spacial score (nSPS) is 20.9. The van der Waals surface area contributed by atoms with Crippen molar-refractivity contribution in [2.45, 2.75) is 31.9 Å². The Hall–Kier alpha value is -3.38. The number of hydrogen-bond acceptors (Lipinski definition) is 4. The lowest BCUT2D eigenvalue weighted by atomic mass is 9.94. The second-order valence-electron chi connectivity index (χ2n) is 8.74. The number of nitrogens with zero attached hydrogens (tertiary/aromatic N) is 1. The van der Waals surface area contributed by atoms with Crippen molar-refractivity contribution in [2.24, 2.45) is 0 Å². The van der Waals surface area contributed by atoms with E-state index in [1.807, 2.05) is 73.7 Å². The molecule has 1 N–H and O–H groups in total. The third-order valence-electron chi connectivity index (χ3n) is 6.36. The van der Waals surface area contributed by atoms with Crippen LogP contribution in [0.5, 0.6) is 5.75 Å². The molecule has 1 fully saturated rings. The van der Waals surface area contributed by atoms with E-state index < -0.39 is 17.7 Å². The van der Waals surface area contributed by atoms with Crippen molar-refractivity contribution >= 4 is 33.4 Å². The van der Waals surface area contributed by atoms with E-state index in [2.05, 4.69) is 15.9 Å². The zero-order chi connectivity index (χ0) is 23.8. The van der Waals surface area contributed by atoms with Gasteiger partial charge in [-0.25, -0.2) is 0 Å². The van der Waals surface area contributed by atoms with Crippen LogP contribution in [0.25, 0.3) is 5.76 Å². The minimum absolute atomic E-state index is 0.0673. The van der Waals surface area contributed by atoms with Crippen molar-refractivity contribution in [3.63, 3.8) is 0 Å². The van der Waals surface area contributed by atoms with Crippen LogP contribution >= 0.6 is 15.9 Å². The van der Waals surface area contributed by atoms with Gasteiger partial charge in [-0.15, -0.1) is 0 Å². The van der Waals surface area contributed by atoms with Crippen molar-refractivity contribution in [3.8, 4) is 5.75 Å². The first-order valence-corrected chi connectivity index (χ1v) is 12.1. The molecule has 1 saturated heterocycles. The summed E-state index contributed by atoms with van der Waals surface area (Å²) in [6.07, 6.45) is 1.40.